The van der Waals surface area contributed by atoms with Crippen molar-refractivity contribution in [2.45, 2.75) is 13.8 Å². The molecule has 2 amide bonds. The summed E-state index contributed by atoms with van der Waals surface area (Å²) in [5, 5.41) is 11.5. The number of carboxylic acids is 1. The molecule has 92 valence electrons. The van der Waals surface area contributed by atoms with Gasteiger partial charge in [0.05, 0.1) is 17.4 Å². The molecule has 1 rings (SSSR count). The van der Waals surface area contributed by atoms with Gasteiger partial charge in [-0.1, -0.05) is 0 Å². The quantitative estimate of drug-likeness (QED) is 0.834. The highest BCUT2D eigenvalue weighted by molar-refractivity contribution is 5.99. The molecule has 6 nitrogen and oxygen atoms in total. The molecule has 0 spiro atoms. The van der Waals surface area contributed by atoms with Crippen LogP contribution in [0, 0.1) is 0 Å². The van der Waals surface area contributed by atoms with Crippen LogP contribution in [-0.4, -0.2) is 40.1 Å². The third-order valence-corrected chi connectivity index (χ3v) is 2.34. The fraction of sp³-hybridized carbons (Fsp3) is 0.364. The molecule has 1 aromatic rings. The smallest absolute Gasteiger partial charge is 0.337 e. The Morgan fingerprint density at radius 3 is 2.59 bits per heavy atom. The summed E-state index contributed by atoms with van der Waals surface area (Å²) in [5.41, 5.74) is 0.234. The van der Waals surface area contributed by atoms with E-state index in [9.17, 15) is 9.59 Å². The van der Waals surface area contributed by atoms with Gasteiger partial charge in [0.25, 0.3) is 0 Å². The molecule has 1 aromatic heterocycles. The van der Waals surface area contributed by atoms with Gasteiger partial charge in [0.2, 0.25) is 0 Å². The van der Waals surface area contributed by atoms with E-state index in [2.05, 4.69) is 10.3 Å². The van der Waals surface area contributed by atoms with Crippen molar-refractivity contribution in [3.05, 3.63) is 24.0 Å². The normalized spacial score (nSPS) is 9.76. The van der Waals surface area contributed by atoms with Crippen LogP contribution in [0.3, 0.4) is 0 Å². The van der Waals surface area contributed by atoms with E-state index in [-0.39, 0.29) is 17.3 Å². The van der Waals surface area contributed by atoms with Crippen LogP contribution in [0.2, 0.25) is 0 Å². The van der Waals surface area contributed by atoms with E-state index in [0.717, 1.165) is 0 Å². The maximum atomic E-state index is 11.7. The SMILES string of the molecule is CCN(CC)C(=O)Nc1cnccc1C(=O)O. The molecule has 17 heavy (non-hydrogen) atoms. The number of hydrogen-bond donors (Lipinski definition) is 2. The van der Waals surface area contributed by atoms with Crippen molar-refractivity contribution in [3.8, 4) is 0 Å². The van der Waals surface area contributed by atoms with Crippen LogP contribution >= 0.6 is 0 Å². The predicted octanol–water partition coefficient (Wildman–Crippen LogP) is 1.65. The van der Waals surface area contributed by atoms with Crippen LogP contribution in [0.15, 0.2) is 18.5 Å². The van der Waals surface area contributed by atoms with Gasteiger partial charge in [-0.3, -0.25) is 4.98 Å². The van der Waals surface area contributed by atoms with Crippen molar-refractivity contribution in [2.24, 2.45) is 0 Å². The summed E-state index contributed by atoms with van der Waals surface area (Å²) >= 11 is 0. The zero-order valence-electron chi connectivity index (χ0n) is 9.80. The molecule has 0 unspecified atom stereocenters. The number of nitrogens with zero attached hydrogens (tertiary/aromatic N) is 2. The summed E-state index contributed by atoms with van der Waals surface area (Å²) < 4.78 is 0. The molecule has 0 radical (unpaired) electrons. The van der Waals surface area contributed by atoms with Gasteiger partial charge < -0.3 is 15.3 Å². The Hall–Kier alpha value is -2.11. The fourth-order valence-corrected chi connectivity index (χ4v) is 1.39. The highest BCUT2D eigenvalue weighted by Gasteiger charge is 2.14. The molecule has 0 saturated heterocycles. The first-order chi connectivity index (χ1) is 8.10. The number of anilines is 1. The van der Waals surface area contributed by atoms with Gasteiger partial charge in [0, 0.05) is 19.3 Å². The monoisotopic (exact) mass is 237 g/mol. The Kier molecular flexibility index (Phi) is 4.45. The second-order valence-electron chi connectivity index (χ2n) is 3.33. The predicted molar refractivity (Wildman–Crippen MR) is 63.1 cm³/mol. The Balaban J connectivity index is 2.88. The van der Waals surface area contributed by atoms with Crippen LogP contribution in [0.25, 0.3) is 0 Å². The van der Waals surface area contributed by atoms with Gasteiger partial charge >= 0.3 is 12.0 Å². The summed E-state index contributed by atoms with van der Waals surface area (Å²) in [6, 6.07) is 1.02. The summed E-state index contributed by atoms with van der Waals surface area (Å²) in [6.07, 6.45) is 2.70. The molecule has 0 fully saturated rings. The molecule has 0 atom stereocenters. The molecule has 6 heteroatoms. The maximum absolute atomic E-state index is 11.7. The third kappa shape index (κ3) is 3.17. The zero-order valence-corrected chi connectivity index (χ0v) is 9.80. The number of carboxylic acid groups (broad SMARTS) is 1. The fourth-order valence-electron chi connectivity index (χ4n) is 1.39. The first-order valence-corrected chi connectivity index (χ1v) is 5.33. The maximum Gasteiger partial charge on any atom is 0.337 e. The number of aromatic nitrogens is 1. The van der Waals surface area contributed by atoms with E-state index < -0.39 is 5.97 Å². The summed E-state index contributed by atoms with van der Waals surface area (Å²) in [6.45, 7) is 4.82. The van der Waals surface area contributed by atoms with Crippen molar-refractivity contribution < 1.29 is 14.7 Å². The lowest BCUT2D eigenvalue weighted by molar-refractivity contribution is 0.0698. The van der Waals surface area contributed by atoms with Crippen molar-refractivity contribution in [1.82, 2.24) is 9.88 Å². The van der Waals surface area contributed by atoms with E-state index >= 15 is 0 Å². The molecular weight excluding hydrogens is 222 g/mol. The zero-order chi connectivity index (χ0) is 12.8. The second-order valence-corrected chi connectivity index (χ2v) is 3.33. The summed E-state index contributed by atoms with van der Waals surface area (Å²) in [7, 11) is 0. The Morgan fingerprint density at radius 2 is 2.06 bits per heavy atom. The molecule has 1 heterocycles. The molecule has 0 saturated carbocycles. The largest absolute Gasteiger partial charge is 0.478 e. The number of rotatable bonds is 4. The van der Waals surface area contributed by atoms with Gasteiger partial charge in [0.15, 0.2) is 0 Å². The van der Waals surface area contributed by atoms with Crippen molar-refractivity contribution >= 4 is 17.7 Å². The minimum atomic E-state index is -1.10. The Morgan fingerprint density at radius 1 is 1.41 bits per heavy atom. The van der Waals surface area contributed by atoms with Gasteiger partial charge in [-0.25, -0.2) is 9.59 Å². The van der Waals surface area contributed by atoms with Crippen LogP contribution in [0.4, 0.5) is 10.5 Å². The van der Waals surface area contributed by atoms with Gasteiger partial charge in [-0.05, 0) is 19.9 Å². The number of pyridine rings is 1. The molecule has 0 aliphatic rings. The number of hydrogen-bond acceptors (Lipinski definition) is 3. The van der Waals surface area contributed by atoms with Crippen LogP contribution in [0.5, 0.6) is 0 Å². The van der Waals surface area contributed by atoms with E-state index in [1.807, 2.05) is 13.8 Å². The first kappa shape index (κ1) is 13.0. The topological polar surface area (TPSA) is 82.5 Å². The van der Waals surface area contributed by atoms with Gasteiger partial charge in [-0.2, -0.15) is 0 Å². The lowest BCUT2D eigenvalue weighted by atomic mass is 10.2. The summed E-state index contributed by atoms with van der Waals surface area (Å²) in [5.74, 6) is -1.10. The molecule has 0 bridgehead atoms. The minimum absolute atomic E-state index is 0.0282. The first-order valence-electron chi connectivity index (χ1n) is 5.33. The molecule has 0 aliphatic carbocycles. The lowest BCUT2D eigenvalue weighted by Gasteiger charge is -2.19. The molecular formula is C11H15N3O3. The average molecular weight is 237 g/mol. The van der Waals surface area contributed by atoms with Crippen LogP contribution in [-0.2, 0) is 0 Å². The van der Waals surface area contributed by atoms with Crippen LogP contribution in [0.1, 0.15) is 24.2 Å². The molecule has 0 aliphatic heterocycles. The van der Waals surface area contributed by atoms with E-state index in [4.69, 9.17) is 5.11 Å². The van der Waals surface area contributed by atoms with Crippen LogP contribution < -0.4 is 5.32 Å². The number of carbonyl (C=O) groups is 2. The number of aromatic carboxylic acids is 1. The highest BCUT2D eigenvalue weighted by atomic mass is 16.4. The number of carbonyl (C=O) groups excluding carboxylic acids is 1. The van der Waals surface area contributed by atoms with E-state index in [1.165, 1.54) is 18.5 Å². The molecule has 2 N–H and O–H groups in total. The Bertz CT molecular complexity index is 416. The van der Waals surface area contributed by atoms with Crippen molar-refractivity contribution in [3.63, 3.8) is 0 Å². The van der Waals surface area contributed by atoms with Crippen molar-refractivity contribution in [2.75, 3.05) is 18.4 Å². The van der Waals surface area contributed by atoms with E-state index in [1.54, 1.807) is 4.90 Å². The summed E-state index contributed by atoms with van der Waals surface area (Å²) in [4.78, 5) is 28.0. The molecule has 0 aromatic carbocycles. The standard InChI is InChI=1S/C11H15N3O3/c1-3-14(4-2)11(17)13-9-7-12-6-5-8(9)10(15)16/h5-7H,3-4H2,1-2H3,(H,13,17)(H,15,16). The van der Waals surface area contributed by atoms with Gasteiger partial charge in [0.1, 0.15) is 0 Å². The third-order valence-electron chi connectivity index (χ3n) is 2.34. The highest BCUT2D eigenvalue weighted by Crippen LogP contribution is 2.13. The average Bonchev–Trinajstić information content (AvgIpc) is 2.31. The number of urea groups is 1. The lowest BCUT2D eigenvalue weighted by Crippen LogP contribution is -2.34. The second kappa shape index (κ2) is 5.83. The number of nitrogens with one attached hydrogen (secondary N) is 1. The van der Waals surface area contributed by atoms with E-state index in [0.29, 0.717) is 13.1 Å². The minimum Gasteiger partial charge on any atom is -0.478 e. The Labute approximate surface area is 99.3 Å². The van der Waals surface area contributed by atoms with Gasteiger partial charge in [-0.15, -0.1) is 0 Å². The number of amides is 2. The van der Waals surface area contributed by atoms with Crippen molar-refractivity contribution in [1.29, 1.82) is 0 Å².